The summed E-state index contributed by atoms with van der Waals surface area (Å²) in [6.45, 7) is 8.11. The molecule has 0 unspecified atom stereocenters. The molecule has 0 radical (unpaired) electrons. The molecule has 3 rings (SSSR count). The van der Waals surface area contributed by atoms with Crippen molar-refractivity contribution >= 4 is 17.9 Å². The van der Waals surface area contributed by atoms with E-state index >= 15 is 0 Å². The van der Waals surface area contributed by atoms with Crippen molar-refractivity contribution in [2.75, 3.05) is 0 Å². The normalized spacial score (nSPS) is 15.1. The van der Waals surface area contributed by atoms with Crippen LogP contribution in [-0.2, 0) is 0 Å². The number of rotatable bonds is 2. The maximum absolute atomic E-state index is 4.76. The van der Waals surface area contributed by atoms with E-state index < -0.39 is 0 Å². The van der Waals surface area contributed by atoms with Crippen molar-refractivity contribution in [3.8, 4) is 0 Å². The second kappa shape index (κ2) is 5.41. The highest BCUT2D eigenvalue weighted by atomic mass is 14.8. The Balaban J connectivity index is 2.27. The minimum atomic E-state index is 0.906. The fraction of sp³-hybridized carbons (Fsp3) is 0.105. The third kappa shape index (κ3) is 2.65. The van der Waals surface area contributed by atoms with Crippen molar-refractivity contribution in [1.82, 2.24) is 4.98 Å². The van der Waals surface area contributed by atoms with E-state index in [4.69, 9.17) is 4.99 Å². The Labute approximate surface area is 124 Å². The standard InChI is InChI=1S/C19H18N2/c1-13(2)16-11-12-18(21-16)19(15-7-5-4-6-8-15)17-10-9-14(3)20-17/h4-12,20H,3H2,1-2H3. The van der Waals surface area contributed by atoms with Crippen LogP contribution in [-0.4, -0.2) is 10.7 Å². The predicted octanol–water partition coefficient (Wildman–Crippen LogP) is 2.93. The van der Waals surface area contributed by atoms with Gasteiger partial charge in [-0.2, -0.15) is 0 Å². The first-order valence-corrected chi connectivity index (χ1v) is 7.03. The van der Waals surface area contributed by atoms with E-state index in [2.05, 4.69) is 55.8 Å². The summed E-state index contributed by atoms with van der Waals surface area (Å²) in [6, 6.07) is 14.4. The van der Waals surface area contributed by atoms with E-state index in [1.165, 1.54) is 5.57 Å². The van der Waals surface area contributed by atoms with Gasteiger partial charge in [-0.25, -0.2) is 4.99 Å². The summed E-state index contributed by atoms with van der Waals surface area (Å²) in [5.41, 5.74) is 5.51. The van der Waals surface area contributed by atoms with Gasteiger partial charge in [-0.05, 0) is 43.7 Å². The van der Waals surface area contributed by atoms with Gasteiger partial charge in [0.1, 0.15) is 0 Å². The summed E-state index contributed by atoms with van der Waals surface area (Å²) in [7, 11) is 0. The number of hydrogen-bond donors (Lipinski definition) is 1. The van der Waals surface area contributed by atoms with Crippen LogP contribution in [0.25, 0.3) is 12.2 Å². The lowest BCUT2D eigenvalue weighted by Gasteiger charge is -2.05. The Morgan fingerprint density at radius 1 is 1.00 bits per heavy atom. The average molecular weight is 274 g/mol. The number of allylic oxidation sites excluding steroid dienone is 3. The lowest BCUT2D eigenvalue weighted by Crippen LogP contribution is -2.16. The van der Waals surface area contributed by atoms with E-state index in [1.54, 1.807) is 0 Å². The Hall–Kier alpha value is -2.61. The van der Waals surface area contributed by atoms with Gasteiger partial charge >= 0.3 is 0 Å². The number of aliphatic imine (C=N–C) groups is 1. The van der Waals surface area contributed by atoms with E-state index in [-0.39, 0.29) is 0 Å². The molecule has 0 aliphatic carbocycles. The van der Waals surface area contributed by atoms with Crippen LogP contribution in [0.15, 0.2) is 70.9 Å². The van der Waals surface area contributed by atoms with Crippen molar-refractivity contribution < 1.29 is 0 Å². The maximum atomic E-state index is 4.76. The van der Waals surface area contributed by atoms with Gasteiger partial charge in [0.05, 0.1) is 11.4 Å². The Bertz CT molecular complexity index is 858. The van der Waals surface area contributed by atoms with Crippen LogP contribution in [0.2, 0.25) is 0 Å². The first kappa shape index (κ1) is 13.4. The molecule has 0 fully saturated rings. The number of aromatic nitrogens is 1. The molecule has 2 heteroatoms. The molecule has 21 heavy (non-hydrogen) atoms. The van der Waals surface area contributed by atoms with E-state index in [0.717, 1.165) is 33.2 Å². The smallest absolute Gasteiger partial charge is 0.0736 e. The molecule has 104 valence electrons. The third-order valence-electron chi connectivity index (χ3n) is 3.49. The number of aromatic amines is 1. The molecule has 1 N–H and O–H groups in total. The molecule has 0 amide bonds. The highest BCUT2D eigenvalue weighted by molar-refractivity contribution is 6.30. The molecule has 0 saturated heterocycles. The summed E-state index contributed by atoms with van der Waals surface area (Å²) < 4.78 is 0. The number of benzene rings is 1. The Kier molecular flexibility index (Phi) is 3.44. The fourth-order valence-corrected chi connectivity index (χ4v) is 2.41. The Morgan fingerprint density at radius 2 is 1.76 bits per heavy atom. The highest BCUT2D eigenvalue weighted by Crippen LogP contribution is 2.21. The molecular formula is C19H18N2. The quantitative estimate of drug-likeness (QED) is 0.872. The molecule has 2 heterocycles. The topological polar surface area (TPSA) is 28.1 Å². The SMILES string of the molecule is C=c1ccc(=C(C2=NC(=C(C)C)C=C2)c2ccccc2)[nH]1. The van der Waals surface area contributed by atoms with Crippen LogP contribution in [0.5, 0.6) is 0 Å². The first-order chi connectivity index (χ1) is 10.1. The van der Waals surface area contributed by atoms with Gasteiger partial charge in [0, 0.05) is 16.3 Å². The highest BCUT2D eigenvalue weighted by Gasteiger charge is 2.13. The predicted molar refractivity (Wildman–Crippen MR) is 89.5 cm³/mol. The van der Waals surface area contributed by atoms with Gasteiger partial charge in [0.2, 0.25) is 0 Å². The van der Waals surface area contributed by atoms with Crippen molar-refractivity contribution in [3.63, 3.8) is 0 Å². The van der Waals surface area contributed by atoms with E-state index in [0.29, 0.717) is 0 Å². The van der Waals surface area contributed by atoms with Gasteiger partial charge in [-0.1, -0.05) is 42.5 Å². The lowest BCUT2D eigenvalue weighted by molar-refractivity contribution is 1.26. The first-order valence-electron chi connectivity index (χ1n) is 7.03. The molecular weight excluding hydrogens is 256 g/mol. The average Bonchev–Trinajstić information content (AvgIpc) is 3.11. The Morgan fingerprint density at radius 3 is 2.33 bits per heavy atom. The number of nitrogens with zero attached hydrogens (tertiary/aromatic N) is 1. The number of hydrogen-bond acceptors (Lipinski definition) is 1. The van der Waals surface area contributed by atoms with Crippen LogP contribution in [0.3, 0.4) is 0 Å². The van der Waals surface area contributed by atoms with Crippen molar-refractivity contribution in [1.29, 1.82) is 0 Å². The zero-order valence-electron chi connectivity index (χ0n) is 12.4. The molecule has 1 aromatic heterocycles. The van der Waals surface area contributed by atoms with Crippen LogP contribution < -0.4 is 10.7 Å². The molecule has 0 bridgehead atoms. The zero-order chi connectivity index (χ0) is 14.8. The molecule has 1 aromatic carbocycles. The third-order valence-corrected chi connectivity index (χ3v) is 3.49. The number of H-pyrrole nitrogens is 1. The minimum Gasteiger partial charge on any atom is -0.355 e. The molecule has 0 saturated carbocycles. The summed E-state index contributed by atoms with van der Waals surface area (Å²) in [6.07, 6.45) is 4.15. The zero-order valence-corrected chi connectivity index (χ0v) is 12.4. The fourth-order valence-electron chi connectivity index (χ4n) is 2.41. The van der Waals surface area contributed by atoms with Crippen molar-refractivity contribution in [2.45, 2.75) is 13.8 Å². The summed E-state index contributed by atoms with van der Waals surface area (Å²) in [5, 5.41) is 1.95. The van der Waals surface area contributed by atoms with Crippen LogP contribution in [0, 0.1) is 0 Å². The van der Waals surface area contributed by atoms with Crippen LogP contribution in [0.1, 0.15) is 19.4 Å². The molecule has 1 aliphatic heterocycles. The molecule has 1 aliphatic rings. The molecule has 0 atom stereocenters. The second-order valence-electron chi connectivity index (χ2n) is 5.35. The monoisotopic (exact) mass is 274 g/mol. The lowest BCUT2D eigenvalue weighted by atomic mass is 10.0. The van der Waals surface area contributed by atoms with Crippen LogP contribution >= 0.6 is 0 Å². The van der Waals surface area contributed by atoms with E-state index in [1.807, 2.05) is 24.3 Å². The summed E-state index contributed by atoms with van der Waals surface area (Å²) in [4.78, 5) is 8.07. The van der Waals surface area contributed by atoms with E-state index in [9.17, 15) is 0 Å². The summed E-state index contributed by atoms with van der Waals surface area (Å²) >= 11 is 0. The largest absolute Gasteiger partial charge is 0.355 e. The van der Waals surface area contributed by atoms with Crippen molar-refractivity contribution in [3.05, 3.63) is 82.1 Å². The number of nitrogens with one attached hydrogen (secondary N) is 1. The molecule has 2 aromatic rings. The van der Waals surface area contributed by atoms with Gasteiger partial charge in [-0.15, -0.1) is 0 Å². The maximum Gasteiger partial charge on any atom is 0.0736 e. The minimum absolute atomic E-state index is 0.906. The van der Waals surface area contributed by atoms with Gasteiger partial charge in [0.15, 0.2) is 0 Å². The van der Waals surface area contributed by atoms with Gasteiger partial charge in [-0.3, -0.25) is 0 Å². The van der Waals surface area contributed by atoms with Gasteiger partial charge in [0.25, 0.3) is 0 Å². The summed E-state index contributed by atoms with van der Waals surface area (Å²) in [5.74, 6) is 0. The molecule has 2 nitrogen and oxygen atoms in total. The molecule has 0 spiro atoms. The van der Waals surface area contributed by atoms with Crippen LogP contribution in [0.4, 0.5) is 0 Å². The second-order valence-corrected chi connectivity index (χ2v) is 5.35. The van der Waals surface area contributed by atoms with Crippen molar-refractivity contribution in [2.24, 2.45) is 4.99 Å². The van der Waals surface area contributed by atoms with Gasteiger partial charge < -0.3 is 4.98 Å².